The molecule has 1 aromatic heterocycles. The fourth-order valence-corrected chi connectivity index (χ4v) is 2.75. The van der Waals surface area contributed by atoms with Gasteiger partial charge in [-0.15, -0.1) is 0 Å². The smallest absolute Gasteiger partial charge is 0.416 e. The van der Waals surface area contributed by atoms with Gasteiger partial charge in [-0.05, 0) is 36.8 Å². The summed E-state index contributed by atoms with van der Waals surface area (Å²) in [6.45, 7) is 1.60. The van der Waals surface area contributed by atoms with Gasteiger partial charge in [-0.1, -0.05) is 36.4 Å². The molecule has 0 spiro atoms. The minimum absolute atomic E-state index is 0.0122. The number of ether oxygens (including phenoxy) is 1. The summed E-state index contributed by atoms with van der Waals surface area (Å²) in [5.74, 6) is -1.26. The summed E-state index contributed by atoms with van der Waals surface area (Å²) in [5, 5.41) is 12.9. The van der Waals surface area contributed by atoms with E-state index in [0.29, 0.717) is 5.75 Å². The van der Waals surface area contributed by atoms with Crippen LogP contribution in [-0.4, -0.2) is 37.7 Å². The van der Waals surface area contributed by atoms with Gasteiger partial charge in [0, 0.05) is 5.56 Å². The van der Waals surface area contributed by atoms with Gasteiger partial charge in [0.1, 0.15) is 12.1 Å². The van der Waals surface area contributed by atoms with Crippen molar-refractivity contribution in [1.29, 1.82) is 0 Å². The van der Waals surface area contributed by atoms with Crippen molar-refractivity contribution in [2.24, 2.45) is 0 Å². The highest BCUT2D eigenvalue weighted by Gasteiger charge is 2.30. The third-order valence-corrected chi connectivity index (χ3v) is 4.40. The van der Waals surface area contributed by atoms with Crippen LogP contribution in [0.5, 0.6) is 5.75 Å². The molecule has 0 radical (unpaired) electrons. The summed E-state index contributed by atoms with van der Waals surface area (Å²) in [6, 6.07) is 10.7. The number of allylic oxidation sites excluding steroid dienone is 1. The van der Waals surface area contributed by atoms with Gasteiger partial charge in [-0.2, -0.15) is 18.3 Å². The second-order valence-corrected chi connectivity index (χ2v) is 6.74. The van der Waals surface area contributed by atoms with E-state index < -0.39 is 29.6 Å². The first-order valence-electron chi connectivity index (χ1n) is 9.41. The van der Waals surface area contributed by atoms with Gasteiger partial charge < -0.3 is 9.84 Å². The van der Waals surface area contributed by atoms with E-state index in [9.17, 15) is 22.8 Å². The van der Waals surface area contributed by atoms with Crippen LogP contribution >= 0.6 is 0 Å². The van der Waals surface area contributed by atoms with Crippen LogP contribution in [0.15, 0.2) is 60.9 Å². The maximum Gasteiger partial charge on any atom is 0.416 e. The minimum Gasteiger partial charge on any atom is -0.479 e. The van der Waals surface area contributed by atoms with E-state index in [0.717, 1.165) is 29.8 Å². The number of ketones is 1. The normalized spacial score (nSPS) is 12.6. The van der Waals surface area contributed by atoms with Gasteiger partial charge in [-0.3, -0.25) is 4.79 Å². The Morgan fingerprint density at radius 2 is 1.91 bits per heavy atom. The average Bonchev–Trinajstić information content (AvgIpc) is 3.21. The number of carboxylic acid groups (broad SMARTS) is 1. The maximum absolute atomic E-state index is 12.7. The van der Waals surface area contributed by atoms with Crippen molar-refractivity contribution in [2.45, 2.75) is 25.7 Å². The highest BCUT2D eigenvalue weighted by atomic mass is 19.4. The van der Waals surface area contributed by atoms with E-state index in [1.165, 1.54) is 17.9 Å². The van der Waals surface area contributed by atoms with Crippen LogP contribution in [0.25, 0.3) is 6.08 Å². The lowest BCUT2D eigenvalue weighted by molar-refractivity contribution is -0.144. The third-order valence-electron chi connectivity index (χ3n) is 4.40. The predicted molar refractivity (Wildman–Crippen MR) is 108 cm³/mol. The molecule has 10 heteroatoms. The Labute approximate surface area is 180 Å². The van der Waals surface area contributed by atoms with Crippen molar-refractivity contribution in [2.75, 3.05) is 0 Å². The largest absolute Gasteiger partial charge is 0.479 e. The molecule has 0 saturated heterocycles. The number of carboxylic acids is 1. The first-order chi connectivity index (χ1) is 15.1. The number of aliphatic carboxylic acids is 1. The van der Waals surface area contributed by atoms with Gasteiger partial charge in [0.15, 0.2) is 11.9 Å². The molecule has 1 heterocycles. The van der Waals surface area contributed by atoms with E-state index in [1.807, 2.05) is 0 Å². The lowest BCUT2D eigenvalue weighted by atomic mass is 10.1. The van der Waals surface area contributed by atoms with Crippen LogP contribution in [0.3, 0.4) is 0 Å². The standard InChI is InChI=1S/C22H18F3N3O4/c1-14(21(30)31)32-18-6-2-4-15(12-18)5-3-11-28-20(26-13-27-28)19(29)16-7-9-17(10-8-16)22(23,24)25/h2-10,12-14H,11H2,1H3,(H,30,31)/b5-3+/t14-/m0/s1. The number of hydrogen-bond donors (Lipinski definition) is 1. The topological polar surface area (TPSA) is 94.3 Å². The summed E-state index contributed by atoms with van der Waals surface area (Å²) in [6.07, 6.45) is -0.861. The summed E-state index contributed by atoms with van der Waals surface area (Å²) in [4.78, 5) is 27.5. The first-order valence-corrected chi connectivity index (χ1v) is 9.41. The summed E-state index contributed by atoms with van der Waals surface area (Å²) < 4.78 is 44.8. The zero-order valence-corrected chi connectivity index (χ0v) is 16.8. The number of hydrogen-bond acceptors (Lipinski definition) is 5. The zero-order chi connectivity index (χ0) is 23.3. The second kappa shape index (κ2) is 9.46. The Bertz CT molecular complexity index is 1140. The van der Waals surface area contributed by atoms with Crippen molar-refractivity contribution < 1.29 is 32.6 Å². The Balaban J connectivity index is 1.69. The van der Waals surface area contributed by atoms with Crippen LogP contribution in [0.2, 0.25) is 0 Å². The van der Waals surface area contributed by atoms with Gasteiger partial charge in [0.05, 0.1) is 12.1 Å². The molecule has 3 aromatic rings. The SMILES string of the molecule is C[C@H](Oc1cccc(/C=C/Cn2ncnc2C(=O)c2ccc(C(F)(F)F)cc2)c1)C(=O)O. The minimum atomic E-state index is -4.49. The molecule has 0 aliphatic carbocycles. The van der Waals surface area contributed by atoms with Crippen molar-refractivity contribution in [3.8, 4) is 5.75 Å². The van der Waals surface area contributed by atoms with E-state index in [4.69, 9.17) is 9.84 Å². The van der Waals surface area contributed by atoms with Crippen molar-refractivity contribution in [3.05, 3.63) is 83.4 Å². The quantitative estimate of drug-likeness (QED) is 0.525. The molecule has 2 aromatic carbocycles. The molecule has 0 aliphatic rings. The number of benzene rings is 2. The van der Waals surface area contributed by atoms with Gasteiger partial charge in [0.25, 0.3) is 0 Å². The maximum atomic E-state index is 12.7. The number of alkyl halides is 3. The monoisotopic (exact) mass is 445 g/mol. The number of carbonyl (C=O) groups is 2. The molecule has 1 N–H and O–H groups in total. The lowest BCUT2D eigenvalue weighted by Gasteiger charge is -2.10. The Kier molecular flexibility index (Phi) is 6.72. The van der Waals surface area contributed by atoms with Crippen molar-refractivity contribution in [3.63, 3.8) is 0 Å². The molecule has 7 nitrogen and oxygen atoms in total. The molecule has 0 saturated carbocycles. The van der Waals surface area contributed by atoms with E-state index in [1.54, 1.807) is 36.4 Å². The average molecular weight is 445 g/mol. The van der Waals surface area contributed by atoms with Crippen LogP contribution in [0, 0.1) is 0 Å². The van der Waals surface area contributed by atoms with Crippen molar-refractivity contribution >= 4 is 17.8 Å². The van der Waals surface area contributed by atoms with Gasteiger partial charge >= 0.3 is 12.1 Å². The molecular weight excluding hydrogens is 427 g/mol. The molecular formula is C22H18F3N3O4. The number of carbonyl (C=O) groups excluding carboxylic acids is 1. The van der Waals surface area contributed by atoms with E-state index in [-0.39, 0.29) is 17.9 Å². The van der Waals surface area contributed by atoms with E-state index in [2.05, 4.69) is 10.1 Å². The molecule has 0 amide bonds. The lowest BCUT2D eigenvalue weighted by Crippen LogP contribution is -2.22. The van der Waals surface area contributed by atoms with Crippen LogP contribution < -0.4 is 4.74 Å². The summed E-state index contributed by atoms with van der Waals surface area (Å²) >= 11 is 0. The highest BCUT2D eigenvalue weighted by Crippen LogP contribution is 2.29. The van der Waals surface area contributed by atoms with Gasteiger partial charge in [-0.25, -0.2) is 14.5 Å². The number of halogens is 3. The molecule has 0 fully saturated rings. The molecule has 3 rings (SSSR count). The van der Waals surface area contributed by atoms with Crippen LogP contribution in [-0.2, 0) is 17.5 Å². The van der Waals surface area contributed by atoms with Crippen LogP contribution in [0.1, 0.15) is 34.2 Å². The predicted octanol–water partition coefficient (Wildman–Crippen LogP) is 4.09. The molecule has 0 bridgehead atoms. The third kappa shape index (κ3) is 5.60. The Morgan fingerprint density at radius 3 is 2.56 bits per heavy atom. The van der Waals surface area contributed by atoms with Crippen LogP contribution in [0.4, 0.5) is 13.2 Å². The first kappa shape index (κ1) is 22.7. The fraction of sp³-hybridized carbons (Fsp3) is 0.182. The molecule has 0 unspecified atom stereocenters. The molecule has 166 valence electrons. The number of nitrogens with zero attached hydrogens (tertiary/aromatic N) is 3. The number of aromatic nitrogens is 3. The van der Waals surface area contributed by atoms with Crippen molar-refractivity contribution in [1.82, 2.24) is 14.8 Å². The highest BCUT2D eigenvalue weighted by molar-refractivity contribution is 6.06. The molecule has 32 heavy (non-hydrogen) atoms. The molecule has 0 aliphatic heterocycles. The zero-order valence-electron chi connectivity index (χ0n) is 16.8. The summed E-state index contributed by atoms with van der Waals surface area (Å²) in [5.41, 5.74) is -0.0492. The van der Waals surface area contributed by atoms with Gasteiger partial charge in [0.2, 0.25) is 5.78 Å². The number of rotatable bonds is 8. The fourth-order valence-electron chi connectivity index (χ4n) is 2.75. The molecule has 1 atom stereocenters. The van der Waals surface area contributed by atoms with E-state index >= 15 is 0 Å². The Hall–Kier alpha value is -3.95. The second-order valence-electron chi connectivity index (χ2n) is 6.74. The summed E-state index contributed by atoms with van der Waals surface area (Å²) in [7, 11) is 0. The Morgan fingerprint density at radius 1 is 1.19 bits per heavy atom.